The Morgan fingerprint density at radius 2 is 1.76 bits per heavy atom. The van der Waals surface area contributed by atoms with E-state index in [0.717, 1.165) is 56.3 Å². The van der Waals surface area contributed by atoms with E-state index in [4.69, 9.17) is 14.9 Å². The fourth-order valence-corrected chi connectivity index (χ4v) is 5.80. The van der Waals surface area contributed by atoms with Crippen LogP contribution in [-0.4, -0.2) is 57.6 Å². The van der Waals surface area contributed by atoms with Gasteiger partial charge in [0, 0.05) is 38.0 Å². The van der Waals surface area contributed by atoms with E-state index in [1.54, 1.807) is 14.2 Å². The van der Waals surface area contributed by atoms with Gasteiger partial charge in [-0.1, -0.05) is 52.2 Å². The van der Waals surface area contributed by atoms with E-state index in [0.29, 0.717) is 18.2 Å². The number of methoxy groups -OCH3 is 2. The monoisotopic (exact) mass is 521 g/mol. The van der Waals surface area contributed by atoms with Crippen LogP contribution in [-0.2, 0) is 11.3 Å². The van der Waals surface area contributed by atoms with Crippen molar-refractivity contribution >= 4 is 11.4 Å². The third-order valence-corrected chi connectivity index (χ3v) is 8.12. The van der Waals surface area contributed by atoms with Gasteiger partial charge >= 0.3 is 0 Å². The van der Waals surface area contributed by atoms with Crippen LogP contribution in [0.4, 0.5) is 5.69 Å². The smallest absolute Gasteiger partial charge is 0.119 e. The molecule has 1 aliphatic heterocycles. The van der Waals surface area contributed by atoms with Crippen LogP contribution in [0.25, 0.3) is 0 Å². The maximum Gasteiger partial charge on any atom is 0.119 e. The molecule has 1 aliphatic rings. The second-order valence-corrected chi connectivity index (χ2v) is 10.9. The van der Waals surface area contributed by atoms with Crippen LogP contribution >= 0.6 is 0 Å². The first kappa shape index (κ1) is 30.2. The zero-order chi connectivity index (χ0) is 27.3. The Morgan fingerprint density at radius 3 is 2.37 bits per heavy atom. The molecule has 1 N–H and O–H groups in total. The highest BCUT2D eigenvalue weighted by Crippen LogP contribution is 2.34. The predicted molar refractivity (Wildman–Crippen MR) is 161 cm³/mol. The van der Waals surface area contributed by atoms with Crippen molar-refractivity contribution in [3.05, 3.63) is 59.2 Å². The van der Waals surface area contributed by atoms with E-state index in [-0.39, 0.29) is 0 Å². The van der Waals surface area contributed by atoms with Gasteiger partial charge in [0.15, 0.2) is 0 Å². The van der Waals surface area contributed by atoms with Crippen LogP contribution < -0.4 is 9.64 Å². The molecule has 0 amide bonds. The van der Waals surface area contributed by atoms with Gasteiger partial charge in [-0.3, -0.25) is 4.90 Å². The number of nitrogens with zero attached hydrogens (tertiary/aromatic N) is 2. The molecule has 210 valence electrons. The summed E-state index contributed by atoms with van der Waals surface area (Å²) in [5.74, 6) is 2.09. The summed E-state index contributed by atoms with van der Waals surface area (Å²) in [5.41, 5.74) is 5.54. The predicted octanol–water partition coefficient (Wildman–Crippen LogP) is 7.52. The van der Waals surface area contributed by atoms with Gasteiger partial charge in [0.1, 0.15) is 5.75 Å². The molecule has 3 rings (SSSR count). The Kier molecular flexibility index (Phi) is 12.6. The Hall–Kier alpha value is -2.37. The molecule has 0 saturated carbocycles. The standard InChI is InChI=1S/C33H51N3O2/c1-6-9-10-26(8-3)24-36(19-7-2)29-13-11-27(12-14-29)23-35-20-17-28(18-21-35)32-22-30(38-5)15-16-31(32)33(34)25-37-4/h11-16,22,26,28,34H,6-10,17-21,23-25H2,1-5H3. The van der Waals surface area contributed by atoms with Gasteiger partial charge in [-0.15, -0.1) is 0 Å². The fourth-order valence-electron chi connectivity index (χ4n) is 5.80. The van der Waals surface area contributed by atoms with Gasteiger partial charge in [0.25, 0.3) is 0 Å². The van der Waals surface area contributed by atoms with Crippen molar-refractivity contribution in [3.63, 3.8) is 0 Å². The molecule has 2 aromatic carbocycles. The minimum Gasteiger partial charge on any atom is -0.497 e. The number of unbranched alkanes of at least 4 members (excludes halogenated alkanes) is 1. The maximum absolute atomic E-state index is 8.48. The zero-order valence-corrected chi connectivity index (χ0v) is 24.6. The number of nitrogens with one attached hydrogen (secondary N) is 1. The van der Waals surface area contributed by atoms with Gasteiger partial charge < -0.3 is 19.8 Å². The molecule has 5 heteroatoms. The third-order valence-electron chi connectivity index (χ3n) is 8.12. The Labute approximate surface area is 232 Å². The van der Waals surface area contributed by atoms with Gasteiger partial charge in [0.2, 0.25) is 0 Å². The van der Waals surface area contributed by atoms with E-state index in [2.05, 4.69) is 60.9 Å². The topological polar surface area (TPSA) is 48.8 Å². The SMILES string of the molecule is CCCCC(CC)CN(CCC)c1ccc(CN2CCC(c3cc(OC)ccc3C(=N)COC)CC2)cc1. The second-order valence-electron chi connectivity index (χ2n) is 10.9. The van der Waals surface area contributed by atoms with Crippen molar-refractivity contribution < 1.29 is 9.47 Å². The average Bonchev–Trinajstić information content (AvgIpc) is 2.95. The van der Waals surface area contributed by atoms with Crippen molar-refractivity contribution in [2.75, 3.05) is 51.9 Å². The van der Waals surface area contributed by atoms with Gasteiger partial charge in [-0.25, -0.2) is 0 Å². The van der Waals surface area contributed by atoms with E-state index in [1.165, 1.54) is 55.5 Å². The molecule has 0 bridgehead atoms. The van der Waals surface area contributed by atoms with Crippen molar-refractivity contribution in [1.82, 2.24) is 4.90 Å². The summed E-state index contributed by atoms with van der Waals surface area (Å²) in [7, 11) is 3.36. The third kappa shape index (κ3) is 8.57. The normalized spacial score (nSPS) is 15.4. The summed E-state index contributed by atoms with van der Waals surface area (Å²) >= 11 is 0. The maximum atomic E-state index is 8.48. The van der Waals surface area contributed by atoms with Crippen LogP contribution in [0.2, 0.25) is 0 Å². The fraction of sp³-hybridized carbons (Fsp3) is 0.606. The quantitative estimate of drug-likeness (QED) is 0.232. The van der Waals surface area contributed by atoms with Crippen LogP contribution in [0, 0.1) is 11.3 Å². The molecule has 1 saturated heterocycles. The number of likely N-dealkylation sites (tertiary alicyclic amines) is 1. The van der Waals surface area contributed by atoms with Crippen molar-refractivity contribution in [2.45, 2.75) is 78.2 Å². The largest absolute Gasteiger partial charge is 0.497 e. The molecule has 2 aromatic rings. The molecule has 5 nitrogen and oxygen atoms in total. The Morgan fingerprint density at radius 1 is 1.03 bits per heavy atom. The highest BCUT2D eigenvalue weighted by Gasteiger charge is 2.24. The number of anilines is 1. The number of hydrogen-bond acceptors (Lipinski definition) is 5. The number of benzene rings is 2. The van der Waals surface area contributed by atoms with Crippen LogP contribution in [0.3, 0.4) is 0 Å². The van der Waals surface area contributed by atoms with Crippen molar-refractivity contribution in [1.29, 1.82) is 5.41 Å². The summed E-state index contributed by atoms with van der Waals surface area (Å²) < 4.78 is 10.8. The van der Waals surface area contributed by atoms with Crippen molar-refractivity contribution in [3.8, 4) is 5.75 Å². The first-order valence-electron chi connectivity index (χ1n) is 14.8. The second kappa shape index (κ2) is 15.9. The number of piperidine rings is 1. The van der Waals surface area contributed by atoms with Crippen LogP contribution in [0.5, 0.6) is 5.75 Å². The van der Waals surface area contributed by atoms with E-state index in [9.17, 15) is 0 Å². The highest BCUT2D eigenvalue weighted by molar-refractivity contribution is 6.00. The van der Waals surface area contributed by atoms with Crippen molar-refractivity contribution in [2.24, 2.45) is 5.92 Å². The molecule has 1 heterocycles. The lowest BCUT2D eigenvalue weighted by atomic mass is 9.85. The molecule has 38 heavy (non-hydrogen) atoms. The average molecular weight is 522 g/mol. The van der Waals surface area contributed by atoms with Gasteiger partial charge in [-0.05, 0) is 92.1 Å². The molecule has 1 unspecified atom stereocenters. The molecule has 0 radical (unpaired) electrons. The minimum absolute atomic E-state index is 0.335. The lowest BCUT2D eigenvalue weighted by Crippen LogP contribution is -2.33. The summed E-state index contributed by atoms with van der Waals surface area (Å²) in [6.45, 7) is 12.7. The van der Waals surface area contributed by atoms with E-state index in [1.807, 2.05) is 12.1 Å². The van der Waals surface area contributed by atoms with Gasteiger partial charge in [0.05, 0.1) is 19.4 Å². The molecular formula is C33H51N3O2. The molecule has 0 spiro atoms. The molecule has 0 aliphatic carbocycles. The summed E-state index contributed by atoms with van der Waals surface area (Å²) in [4.78, 5) is 5.18. The first-order valence-corrected chi connectivity index (χ1v) is 14.8. The number of hydrogen-bond donors (Lipinski definition) is 1. The summed E-state index contributed by atoms with van der Waals surface area (Å²) in [6, 6.07) is 15.5. The summed E-state index contributed by atoms with van der Waals surface area (Å²) in [5, 5.41) is 8.48. The van der Waals surface area contributed by atoms with E-state index < -0.39 is 0 Å². The molecule has 0 aromatic heterocycles. The minimum atomic E-state index is 0.335. The lowest BCUT2D eigenvalue weighted by Gasteiger charge is -2.33. The molecule has 1 fully saturated rings. The molecule has 1 atom stereocenters. The first-order chi connectivity index (χ1) is 18.5. The lowest BCUT2D eigenvalue weighted by molar-refractivity contribution is 0.204. The Balaban J connectivity index is 1.60. The Bertz CT molecular complexity index is 967. The van der Waals surface area contributed by atoms with Crippen LogP contribution in [0.15, 0.2) is 42.5 Å². The van der Waals surface area contributed by atoms with Gasteiger partial charge in [-0.2, -0.15) is 0 Å². The highest BCUT2D eigenvalue weighted by atomic mass is 16.5. The summed E-state index contributed by atoms with van der Waals surface area (Å²) in [6.07, 6.45) is 8.60. The zero-order valence-electron chi connectivity index (χ0n) is 24.6. The van der Waals surface area contributed by atoms with E-state index >= 15 is 0 Å². The number of rotatable bonds is 16. The molecular weight excluding hydrogens is 470 g/mol. The number of ether oxygens (including phenoxy) is 2. The van der Waals surface area contributed by atoms with Crippen LogP contribution in [0.1, 0.15) is 88.3 Å².